The molecule has 4 heteroatoms. The molecule has 1 fully saturated rings. The largest absolute Gasteiger partial charge is 0.325 e. The van der Waals surface area contributed by atoms with Crippen LogP contribution in [0, 0.1) is 6.92 Å². The number of hydrogen-bond donors (Lipinski definition) is 1. The summed E-state index contributed by atoms with van der Waals surface area (Å²) in [4.78, 5) is 8.28. The number of imidazole rings is 1. The lowest BCUT2D eigenvalue weighted by atomic mass is 10.0. The van der Waals surface area contributed by atoms with Crippen LogP contribution < -0.4 is 0 Å². The van der Waals surface area contributed by atoms with Gasteiger partial charge in [-0.05, 0) is 37.5 Å². The van der Waals surface area contributed by atoms with E-state index in [2.05, 4.69) is 71.5 Å². The van der Waals surface area contributed by atoms with Crippen LogP contribution in [-0.2, 0) is 6.54 Å². The van der Waals surface area contributed by atoms with Crippen LogP contribution in [0.2, 0.25) is 0 Å². The number of rotatable bonds is 3. The Bertz CT molecular complexity index is 833. The predicted octanol–water partition coefficient (Wildman–Crippen LogP) is 4.47. The Kier molecular flexibility index (Phi) is 4.33. The summed E-state index contributed by atoms with van der Waals surface area (Å²) in [5.41, 5.74) is 3.66. The van der Waals surface area contributed by atoms with E-state index in [0.29, 0.717) is 6.04 Å². The zero-order valence-corrected chi connectivity index (χ0v) is 14.9. The van der Waals surface area contributed by atoms with Crippen LogP contribution in [0.25, 0.3) is 11.0 Å². The minimum absolute atomic E-state index is 0.539. The highest BCUT2D eigenvalue weighted by atomic mass is 32.1. The van der Waals surface area contributed by atoms with E-state index in [0.717, 1.165) is 35.9 Å². The number of fused-ring (bicyclic) bond motifs is 1. The number of nitrogens with zero attached hydrogens (tertiary/aromatic N) is 3. The van der Waals surface area contributed by atoms with Crippen LogP contribution in [0.1, 0.15) is 30.3 Å². The Morgan fingerprint density at radius 1 is 1.04 bits per heavy atom. The van der Waals surface area contributed by atoms with Gasteiger partial charge in [0.1, 0.15) is 11.3 Å². The van der Waals surface area contributed by atoms with Gasteiger partial charge in [-0.15, -0.1) is 12.6 Å². The summed E-state index contributed by atoms with van der Waals surface area (Å²) in [6.07, 6.45) is 2.35. The normalized spacial score (nSPS) is 16.8. The fourth-order valence-electron chi connectivity index (χ4n) is 3.86. The van der Waals surface area contributed by atoms with Crippen LogP contribution >= 0.6 is 12.6 Å². The van der Waals surface area contributed by atoms with Gasteiger partial charge in [-0.1, -0.05) is 36.4 Å². The van der Waals surface area contributed by atoms with E-state index in [-0.39, 0.29) is 0 Å². The first-order valence-electron chi connectivity index (χ1n) is 8.65. The van der Waals surface area contributed by atoms with Crippen molar-refractivity contribution in [1.82, 2.24) is 14.5 Å². The number of thiol groups is 1. The maximum Gasteiger partial charge on any atom is 0.107 e. The second-order valence-electron chi connectivity index (χ2n) is 6.67. The summed E-state index contributed by atoms with van der Waals surface area (Å²) in [7, 11) is 0. The van der Waals surface area contributed by atoms with E-state index in [1.54, 1.807) is 0 Å². The van der Waals surface area contributed by atoms with Gasteiger partial charge in [0.05, 0.1) is 5.52 Å². The van der Waals surface area contributed by atoms with Crippen molar-refractivity contribution in [2.45, 2.75) is 37.2 Å². The molecule has 0 amide bonds. The van der Waals surface area contributed by atoms with Gasteiger partial charge in [0.15, 0.2) is 0 Å². The number of likely N-dealkylation sites (tertiary alicyclic amines) is 1. The van der Waals surface area contributed by atoms with Gasteiger partial charge in [-0.2, -0.15) is 0 Å². The molecule has 0 atom stereocenters. The van der Waals surface area contributed by atoms with Crippen molar-refractivity contribution in [1.29, 1.82) is 0 Å². The van der Waals surface area contributed by atoms with Crippen LogP contribution in [0.4, 0.5) is 0 Å². The van der Waals surface area contributed by atoms with Crippen molar-refractivity contribution in [2.75, 3.05) is 13.1 Å². The Morgan fingerprint density at radius 2 is 1.79 bits per heavy atom. The second kappa shape index (κ2) is 6.61. The maximum absolute atomic E-state index is 4.75. The average molecular weight is 337 g/mol. The Hall–Kier alpha value is -1.78. The van der Waals surface area contributed by atoms with Crippen LogP contribution in [-0.4, -0.2) is 27.5 Å². The number of aryl methyl sites for hydroxylation is 1. The van der Waals surface area contributed by atoms with Gasteiger partial charge in [0, 0.05) is 30.6 Å². The summed E-state index contributed by atoms with van der Waals surface area (Å²) in [5.74, 6) is 1.10. The van der Waals surface area contributed by atoms with E-state index >= 15 is 0 Å². The Labute approximate surface area is 148 Å². The first-order chi connectivity index (χ1) is 11.7. The molecule has 124 valence electrons. The lowest BCUT2D eigenvalue weighted by Crippen LogP contribution is -2.34. The second-order valence-corrected chi connectivity index (χ2v) is 7.15. The number of piperidine rings is 1. The van der Waals surface area contributed by atoms with Gasteiger partial charge < -0.3 is 4.57 Å². The van der Waals surface area contributed by atoms with E-state index < -0.39 is 0 Å². The molecule has 2 aromatic carbocycles. The summed E-state index contributed by atoms with van der Waals surface area (Å²) >= 11 is 4.56. The van der Waals surface area contributed by atoms with E-state index in [1.807, 2.05) is 6.07 Å². The molecule has 1 aromatic heterocycles. The van der Waals surface area contributed by atoms with Crippen molar-refractivity contribution in [3.63, 3.8) is 0 Å². The van der Waals surface area contributed by atoms with Gasteiger partial charge in [-0.25, -0.2) is 4.98 Å². The minimum atomic E-state index is 0.539. The third-order valence-electron chi connectivity index (χ3n) is 5.05. The lowest BCUT2D eigenvalue weighted by Gasteiger charge is -2.33. The lowest BCUT2D eigenvalue weighted by molar-refractivity contribution is 0.180. The zero-order valence-electron chi connectivity index (χ0n) is 14.0. The molecule has 0 spiro atoms. The standard InChI is InChI=1S/C20H23N3S/c1-15-21-20-18(8-5-9-19(20)24)23(15)17-10-12-22(13-11-17)14-16-6-3-2-4-7-16/h2-9,17,24H,10-14H2,1H3. The van der Waals surface area contributed by atoms with Crippen molar-refractivity contribution in [3.05, 3.63) is 59.9 Å². The number of hydrogen-bond acceptors (Lipinski definition) is 3. The monoisotopic (exact) mass is 337 g/mol. The van der Waals surface area contributed by atoms with Crippen LogP contribution in [0.5, 0.6) is 0 Å². The molecule has 2 heterocycles. The number of para-hydroxylation sites is 1. The smallest absolute Gasteiger partial charge is 0.107 e. The number of benzene rings is 2. The molecule has 0 aliphatic carbocycles. The molecule has 0 N–H and O–H groups in total. The summed E-state index contributed by atoms with van der Waals surface area (Å²) in [6, 6.07) is 17.6. The molecule has 1 aliphatic heterocycles. The van der Waals surface area contributed by atoms with Crippen molar-refractivity contribution < 1.29 is 0 Å². The van der Waals surface area contributed by atoms with Crippen LogP contribution in [0.3, 0.4) is 0 Å². The van der Waals surface area contributed by atoms with E-state index in [4.69, 9.17) is 4.98 Å². The summed E-state index contributed by atoms with van der Waals surface area (Å²) in [5, 5.41) is 0. The van der Waals surface area contributed by atoms with Gasteiger partial charge in [0.2, 0.25) is 0 Å². The molecule has 3 nitrogen and oxygen atoms in total. The summed E-state index contributed by atoms with van der Waals surface area (Å²) in [6.45, 7) is 5.44. The molecule has 4 rings (SSSR count). The van der Waals surface area contributed by atoms with Gasteiger partial charge >= 0.3 is 0 Å². The highest BCUT2D eigenvalue weighted by molar-refractivity contribution is 7.80. The van der Waals surface area contributed by atoms with Crippen molar-refractivity contribution >= 4 is 23.7 Å². The topological polar surface area (TPSA) is 21.1 Å². The highest BCUT2D eigenvalue weighted by Crippen LogP contribution is 2.31. The fraction of sp³-hybridized carbons (Fsp3) is 0.350. The van der Waals surface area contributed by atoms with Gasteiger partial charge in [-0.3, -0.25) is 4.90 Å². The summed E-state index contributed by atoms with van der Waals surface area (Å²) < 4.78 is 2.43. The molecule has 0 saturated carbocycles. The van der Waals surface area contributed by atoms with E-state index in [1.165, 1.54) is 23.9 Å². The molecule has 1 saturated heterocycles. The minimum Gasteiger partial charge on any atom is -0.325 e. The molecule has 1 aliphatic rings. The van der Waals surface area contributed by atoms with Crippen molar-refractivity contribution in [2.24, 2.45) is 0 Å². The zero-order chi connectivity index (χ0) is 16.5. The van der Waals surface area contributed by atoms with Crippen molar-refractivity contribution in [3.8, 4) is 0 Å². The third-order valence-corrected chi connectivity index (χ3v) is 5.41. The maximum atomic E-state index is 4.75. The predicted molar refractivity (Wildman–Crippen MR) is 102 cm³/mol. The fourth-order valence-corrected chi connectivity index (χ4v) is 4.11. The first kappa shape index (κ1) is 15.7. The molecule has 24 heavy (non-hydrogen) atoms. The molecule has 0 unspecified atom stereocenters. The number of aromatic nitrogens is 2. The molecule has 0 bridgehead atoms. The molecular formula is C20H23N3S. The highest BCUT2D eigenvalue weighted by Gasteiger charge is 2.23. The Balaban J connectivity index is 1.50. The SMILES string of the molecule is Cc1nc2c(S)cccc2n1C1CCN(Cc2ccccc2)CC1. The van der Waals surface area contributed by atoms with E-state index in [9.17, 15) is 0 Å². The molecule has 0 radical (unpaired) electrons. The average Bonchev–Trinajstić information content (AvgIpc) is 2.94. The van der Waals surface area contributed by atoms with Gasteiger partial charge in [0.25, 0.3) is 0 Å². The molecule has 3 aromatic rings. The molecular weight excluding hydrogens is 314 g/mol. The quantitative estimate of drug-likeness (QED) is 0.712. The van der Waals surface area contributed by atoms with Crippen LogP contribution in [0.15, 0.2) is 53.4 Å². The first-order valence-corrected chi connectivity index (χ1v) is 9.10. The Morgan fingerprint density at radius 3 is 2.54 bits per heavy atom. The third kappa shape index (κ3) is 2.96.